The molecule has 4 rings (SSSR count). The van der Waals surface area contributed by atoms with Crippen LogP contribution in [0.25, 0.3) is 10.9 Å². The van der Waals surface area contributed by atoms with Crippen molar-refractivity contribution < 1.29 is 14.7 Å². The summed E-state index contributed by atoms with van der Waals surface area (Å²) in [6.45, 7) is 0.680. The van der Waals surface area contributed by atoms with Gasteiger partial charge in [-0.1, -0.05) is 18.2 Å². The van der Waals surface area contributed by atoms with Gasteiger partial charge in [0.05, 0.1) is 11.6 Å². The molecule has 2 N–H and O–H groups in total. The van der Waals surface area contributed by atoms with E-state index >= 15 is 0 Å². The lowest BCUT2D eigenvalue weighted by molar-refractivity contribution is 0.0604. The molecule has 132 valence electrons. The standard InChI is InChI=1S/C20H19N3O3/c24-19(14-8-9-16(20(25)26)21-12-14)23-10-4-3-7-18(23)17-11-13-5-1-2-6-15(13)22-17/h1-2,5-6,8-9,11-12,18,22H,3-4,7,10H2,(H,25,26). The Morgan fingerprint density at radius 3 is 2.73 bits per heavy atom. The number of amides is 1. The number of nitrogens with one attached hydrogen (secondary N) is 1. The fourth-order valence-electron chi connectivity index (χ4n) is 3.59. The highest BCUT2D eigenvalue weighted by Crippen LogP contribution is 2.33. The van der Waals surface area contributed by atoms with E-state index in [9.17, 15) is 9.59 Å². The van der Waals surface area contributed by atoms with E-state index in [4.69, 9.17) is 5.11 Å². The van der Waals surface area contributed by atoms with Crippen LogP contribution in [0.5, 0.6) is 0 Å². The Morgan fingerprint density at radius 1 is 1.15 bits per heavy atom. The monoisotopic (exact) mass is 349 g/mol. The summed E-state index contributed by atoms with van der Waals surface area (Å²) in [5, 5.41) is 10.1. The number of carbonyl (C=O) groups is 2. The van der Waals surface area contributed by atoms with E-state index in [2.05, 4.69) is 22.1 Å². The fourth-order valence-corrected chi connectivity index (χ4v) is 3.59. The third-order valence-corrected chi connectivity index (χ3v) is 4.90. The maximum Gasteiger partial charge on any atom is 0.354 e. The number of aromatic nitrogens is 2. The molecule has 3 aromatic rings. The minimum atomic E-state index is -1.10. The van der Waals surface area contributed by atoms with E-state index in [0.29, 0.717) is 12.1 Å². The number of likely N-dealkylation sites (tertiary alicyclic amines) is 1. The van der Waals surface area contributed by atoms with Gasteiger partial charge in [0, 0.05) is 24.0 Å². The summed E-state index contributed by atoms with van der Waals surface area (Å²) in [6.07, 6.45) is 4.28. The molecule has 0 aliphatic carbocycles. The average molecular weight is 349 g/mol. The summed E-state index contributed by atoms with van der Waals surface area (Å²) in [7, 11) is 0. The number of nitrogens with zero attached hydrogens (tertiary/aromatic N) is 2. The number of hydrogen-bond acceptors (Lipinski definition) is 3. The van der Waals surface area contributed by atoms with Crippen LogP contribution in [0.1, 0.15) is 51.8 Å². The largest absolute Gasteiger partial charge is 0.477 e. The van der Waals surface area contributed by atoms with Crippen molar-refractivity contribution in [2.45, 2.75) is 25.3 Å². The Morgan fingerprint density at radius 2 is 2.00 bits per heavy atom. The summed E-state index contributed by atoms with van der Waals surface area (Å²) >= 11 is 0. The van der Waals surface area contributed by atoms with Crippen molar-refractivity contribution in [3.63, 3.8) is 0 Å². The first kappa shape index (κ1) is 16.3. The van der Waals surface area contributed by atoms with Crippen LogP contribution in [0.4, 0.5) is 0 Å². The molecule has 1 saturated heterocycles. The Hall–Kier alpha value is -3.15. The molecule has 1 unspecified atom stereocenters. The minimum Gasteiger partial charge on any atom is -0.477 e. The van der Waals surface area contributed by atoms with Gasteiger partial charge in [0.2, 0.25) is 0 Å². The second-order valence-electron chi connectivity index (χ2n) is 6.56. The lowest BCUT2D eigenvalue weighted by atomic mass is 9.98. The van der Waals surface area contributed by atoms with E-state index in [0.717, 1.165) is 35.9 Å². The van der Waals surface area contributed by atoms with Crippen LogP contribution in [-0.2, 0) is 0 Å². The average Bonchev–Trinajstić information content (AvgIpc) is 3.11. The highest BCUT2D eigenvalue weighted by molar-refractivity contribution is 5.95. The molecular weight excluding hydrogens is 330 g/mol. The number of piperidine rings is 1. The van der Waals surface area contributed by atoms with Crippen molar-refractivity contribution in [2.75, 3.05) is 6.54 Å². The first-order valence-electron chi connectivity index (χ1n) is 8.71. The van der Waals surface area contributed by atoms with Gasteiger partial charge in [-0.3, -0.25) is 4.79 Å². The molecule has 1 fully saturated rings. The number of benzene rings is 1. The lowest BCUT2D eigenvalue weighted by Crippen LogP contribution is -2.38. The zero-order valence-corrected chi connectivity index (χ0v) is 14.2. The summed E-state index contributed by atoms with van der Waals surface area (Å²) in [5.41, 5.74) is 2.45. The van der Waals surface area contributed by atoms with Crippen LogP contribution in [0.2, 0.25) is 0 Å². The molecule has 6 nitrogen and oxygen atoms in total. The Bertz CT molecular complexity index is 929. The minimum absolute atomic E-state index is 0.0113. The molecule has 0 saturated carbocycles. The van der Waals surface area contributed by atoms with Crippen LogP contribution in [-0.4, -0.2) is 38.4 Å². The van der Waals surface area contributed by atoms with Crippen LogP contribution in [0.15, 0.2) is 48.7 Å². The van der Waals surface area contributed by atoms with E-state index in [1.807, 2.05) is 23.1 Å². The molecule has 1 amide bonds. The third-order valence-electron chi connectivity index (χ3n) is 4.90. The van der Waals surface area contributed by atoms with Crippen LogP contribution in [0.3, 0.4) is 0 Å². The van der Waals surface area contributed by atoms with E-state index in [1.54, 1.807) is 0 Å². The molecular formula is C20H19N3O3. The molecule has 0 radical (unpaired) electrons. The number of carboxylic acid groups (broad SMARTS) is 1. The van der Waals surface area contributed by atoms with Gasteiger partial charge >= 0.3 is 5.97 Å². The summed E-state index contributed by atoms with van der Waals surface area (Å²) < 4.78 is 0. The number of fused-ring (bicyclic) bond motifs is 1. The van der Waals surface area contributed by atoms with Gasteiger partial charge in [0.15, 0.2) is 0 Å². The maximum absolute atomic E-state index is 13.0. The summed E-state index contributed by atoms with van der Waals surface area (Å²) in [6, 6.07) is 13.1. The van der Waals surface area contributed by atoms with Gasteiger partial charge < -0.3 is 15.0 Å². The smallest absolute Gasteiger partial charge is 0.354 e. The number of hydrogen-bond donors (Lipinski definition) is 2. The molecule has 0 bridgehead atoms. The number of para-hydroxylation sites is 1. The zero-order valence-electron chi connectivity index (χ0n) is 14.2. The highest BCUT2D eigenvalue weighted by atomic mass is 16.4. The summed E-state index contributed by atoms with van der Waals surface area (Å²) in [4.78, 5) is 33.1. The molecule has 0 spiro atoms. The molecule has 26 heavy (non-hydrogen) atoms. The van der Waals surface area contributed by atoms with Crippen molar-refractivity contribution in [1.29, 1.82) is 0 Å². The maximum atomic E-state index is 13.0. The SMILES string of the molecule is O=C(O)c1ccc(C(=O)N2CCCCC2c2cc3ccccc3[nH]2)cn1. The van der Waals surface area contributed by atoms with Crippen LogP contribution >= 0.6 is 0 Å². The fraction of sp³-hybridized carbons (Fsp3) is 0.250. The molecule has 1 aromatic carbocycles. The number of carbonyl (C=O) groups excluding carboxylic acids is 1. The van der Waals surface area contributed by atoms with Gasteiger partial charge in [-0.15, -0.1) is 0 Å². The second-order valence-corrected chi connectivity index (χ2v) is 6.56. The third kappa shape index (κ3) is 2.94. The molecule has 6 heteroatoms. The second kappa shape index (κ2) is 6.63. The van der Waals surface area contributed by atoms with E-state index < -0.39 is 5.97 Å². The zero-order chi connectivity index (χ0) is 18.1. The van der Waals surface area contributed by atoms with Crippen molar-refractivity contribution >= 4 is 22.8 Å². The molecule has 1 aliphatic heterocycles. The van der Waals surface area contributed by atoms with Gasteiger partial charge in [-0.25, -0.2) is 9.78 Å². The number of aromatic carboxylic acids is 1. The van der Waals surface area contributed by atoms with Crippen molar-refractivity contribution in [2.24, 2.45) is 0 Å². The Balaban J connectivity index is 1.64. The topological polar surface area (TPSA) is 86.3 Å². The first-order valence-corrected chi connectivity index (χ1v) is 8.71. The van der Waals surface area contributed by atoms with Gasteiger partial charge in [0.25, 0.3) is 5.91 Å². The predicted octanol–water partition coefficient (Wildman–Crippen LogP) is 3.63. The number of pyridine rings is 1. The quantitative estimate of drug-likeness (QED) is 0.756. The number of rotatable bonds is 3. The van der Waals surface area contributed by atoms with E-state index in [1.165, 1.54) is 18.3 Å². The molecule has 2 aromatic heterocycles. The summed E-state index contributed by atoms with van der Waals surface area (Å²) in [5.74, 6) is -1.21. The molecule has 1 atom stereocenters. The highest BCUT2D eigenvalue weighted by Gasteiger charge is 2.30. The number of carboxylic acids is 1. The van der Waals surface area contributed by atoms with Crippen molar-refractivity contribution in [3.05, 3.63) is 65.6 Å². The number of aromatic amines is 1. The van der Waals surface area contributed by atoms with Crippen molar-refractivity contribution in [3.8, 4) is 0 Å². The van der Waals surface area contributed by atoms with Crippen molar-refractivity contribution in [1.82, 2.24) is 14.9 Å². The normalized spacial score (nSPS) is 17.4. The lowest BCUT2D eigenvalue weighted by Gasteiger charge is -2.35. The first-order chi connectivity index (χ1) is 12.6. The predicted molar refractivity (Wildman–Crippen MR) is 97.1 cm³/mol. The van der Waals surface area contributed by atoms with Gasteiger partial charge in [-0.2, -0.15) is 0 Å². The number of H-pyrrole nitrogens is 1. The van der Waals surface area contributed by atoms with E-state index in [-0.39, 0.29) is 17.6 Å². The molecule has 1 aliphatic rings. The van der Waals surface area contributed by atoms with Crippen LogP contribution in [0, 0.1) is 0 Å². The molecule has 3 heterocycles. The van der Waals surface area contributed by atoms with Gasteiger partial charge in [-0.05, 0) is 48.9 Å². The van der Waals surface area contributed by atoms with Crippen LogP contribution < -0.4 is 0 Å². The van der Waals surface area contributed by atoms with Gasteiger partial charge in [0.1, 0.15) is 5.69 Å². The Kier molecular flexibility index (Phi) is 4.16. The Labute approximate surface area is 150 Å².